The zero-order valence-corrected chi connectivity index (χ0v) is 17.4. The van der Waals surface area contributed by atoms with Gasteiger partial charge in [-0.25, -0.2) is 13.6 Å². The van der Waals surface area contributed by atoms with Gasteiger partial charge in [0.1, 0.15) is 17.7 Å². The number of aliphatic hydroxyl groups excluding tert-OH is 1. The van der Waals surface area contributed by atoms with E-state index in [-0.39, 0.29) is 29.3 Å². The van der Waals surface area contributed by atoms with Crippen LogP contribution in [0, 0.1) is 11.6 Å². The number of cyclic esters (lactones) is 1. The first kappa shape index (κ1) is 22.4. The highest BCUT2D eigenvalue weighted by Crippen LogP contribution is 2.36. The van der Waals surface area contributed by atoms with Gasteiger partial charge < -0.3 is 25.2 Å². The number of ether oxygens (including phenoxy) is 2. The Hall–Kier alpha value is -2.79. The van der Waals surface area contributed by atoms with Crippen molar-refractivity contribution in [1.82, 2.24) is 10.6 Å². The number of rotatable bonds is 7. The van der Waals surface area contributed by atoms with Gasteiger partial charge in [-0.15, -0.1) is 0 Å². The second-order valence-corrected chi connectivity index (χ2v) is 7.83. The molecule has 1 saturated heterocycles. The van der Waals surface area contributed by atoms with E-state index in [1.165, 1.54) is 24.3 Å². The van der Waals surface area contributed by atoms with Gasteiger partial charge in [0, 0.05) is 22.9 Å². The molecule has 4 rings (SSSR count). The summed E-state index contributed by atoms with van der Waals surface area (Å²) >= 11 is 5.75. The molecule has 1 heterocycles. The predicted molar refractivity (Wildman–Crippen MR) is 110 cm³/mol. The molecule has 2 aromatic rings. The Kier molecular flexibility index (Phi) is 6.56. The van der Waals surface area contributed by atoms with Crippen molar-refractivity contribution in [3.05, 3.63) is 63.7 Å². The molecule has 0 aromatic heterocycles. The molecule has 2 aliphatic rings. The zero-order valence-electron chi connectivity index (χ0n) is 16.7. The van der Waals surface area contributed by atoms with E-state index in [4.69, 9.17) is 21.1 Å². The summed E-state index contributed by atoms with van der Waals surface area (Å²) in [6.45, 7) is 0.224. The minimum absolute atomic E-state index is 0.0440. The third-order valence-corrected chi connectivity index (χ3v) is 5.58. The molecule has 2 aromatic carbocycles. The largest absolute Gasteiger partial charge is 0.442 e. The standard InChI is InChI=1S/C21H20ClF2N3O5/c22-14-7-10(1-4-15(14)23)26-19(28)13-2-5-16(24)18-12(13)3-6-17(18)27-21(30)31-9-11-8-25-20(29)32-11/h1-2,4-5,7,11,17,21,27,30H,3,6,8-9H2,(H,25,29)(H,26,28)/t11?,17-,21?/m0/s1. The molecule has 1 aliphatic heterocycles. The summed E-state index contributed by atoms with van der Waals surface area (Å²) in [5, 5.41) is 17.9. The molecule has 32 heavy (non-hydrogen) atoms. The van der Waals surface area contributed by atoms with Crippen molar-refractivity contribution < 1.29 is 33.0 Å². The third-order valence-electron chi connectivity index (χ3n) is 5.29. The first-order chi connectivity index (χ1) is 15.3. The highest BCUT2D eigenvalue weighted by atomic mass is 35.5. The lowest BCUT2D eigenvalue weighted by atomic mass is 10.0. The lowest BCUT2D eigenvalue weighted by molar-refractivity contribution is -0.141. The molecule has 170 valence electrons. The molecule has 4 N–H and O–H groups in total. The van der Waals surface area contributed by atoms with Gasteiger partial charge in [-0.3, -0.25) is 10.1 Å². The number of hydrogen-bond acceptors (Lipinski definition) is 6. The topological polar surface area (TPSA) is 109 Å². The Morgan fingerprint density at radius 1 is 1.31 bits per heavy atom. The van der Waals surface area contributed by atoms with Gasteiger partial charge in [-0.1, -0.05) is 11.6 Å². The molecule has 0 saturated carbocycles. The van der Waals surface area contributed by atoms with E-state index < -0.39 is 42.2 Å². The number of halogens is 3. The van der Waals surface area contributed by atoms with E-state index in [2.05, 4.69) is 16.0 Å². The highest BCUT2D eigenvalue weighted by molar-refractivity contribution is 6.31. The molecule has 8 nitrogen and oxygen atoms in total. The Bertz CT molecular complexity index is 1050. The smallest absolute Gasteiger partial charge is 0.407 e. The molecule has 3 atom stereocenters. The fraction of sp³-hybridized carbons (Fsp3) is 0.333. The molecule has 0 spiro atoms. The van der Waals surface area contributed by atoms with Crippen molar-refractivity contribution in [2.24, 2.45) is 0 Å². The molecular weight excluding hydrogens is 448 g/mol. The molecule has 2 amide bonds. The fourth-order valence-electron chi connectivity index (χ4n) is 3.81. The van der Waals surface area contributed by atoms with Crippen LogP contribution >= 0.6 is 11.6 Å². The van der Waals surface area contributed by atoms with Crippen molar-refractivity contribution in [2.45, 2.75) is 31.4 Å². The van der Waals surface area contributed by atoms with E-state index >= 15 is 0 Å². The van der Waals surface area contributed by atoms with E-state index in [1.807, 2.05) is 0 Å². The quantitative estimate of drug-likeness (QED) is 0.466. The molecule has 11 heteroatoms. The van der Waals surface area contributed by atoms with Crippen LogP contribution in [0.1, 0.15) is 33.9 Å². The van der Waals surface area contributed by atoms with Gasteiger partial charge in [-0.2, -0.15) is 0 Å². The zero-order chi connectivity index (χ0) is 22.8. The number of anilines is 1. The first-order valence-electron chi connectivity index (χ1n) is 9.89. The van der Waals surface area contributed by atoms with E-state index in [0.717, 1.165) is 6.07 Å². The number of hydrogen-bond donors (Lipinski definition) is 4. The van der Waals surface area contributed by atoms with Gasteiger partial charge in [-0.05, 0) is 48.7 Å². The maximum absolute atomic E-state index is 14.6. The lowest BCUT2D eigenvalue weighted by Crippen LogP contribution is -2.37. The summed E-state index contributed by atoms with van der Waals surface area (Å²) in [6, 6.07) is 5.77. The molecule has 1 aliphatic carbocycles. The normalized spacial score (nSPS) is 20.4. The summed E-state index contributed by atoms with van der Waals surface area (Å²) in [5.41, 5.74) is 1.35. The van der Waals surface area contributed by atoms with Crippen molar-refractivity contribution in [1.29, 1.82) is 0 Å². The van der Waals surface area contributed by atoms with Crippen LogP contribution in [-0.2, 0) is 15.9 Å². The van der Waals surface area contributed by atoms with Crippen LogP contribution in [0.15, 0.2) is 30.3 Å². The van der Waals surface area contributed by atoms with Crippen LogP contribution < -0.4 is 16.0 Å². The third kappa shape index (κ3) is 4.83. The summed E-state index contributed by atoms with van der Waals surface area (Å²) in [5.74, 6) is -1.61. The Morgan fingerprint density at radius 3 is 2.81 bits per heavy atom. The minimum atomic E-state index is -1.43. The van der Waals surface area contributed by atoms with Gasteiger partial charge in [0.15, 0.2) is 0 Å². The number of carbonyl (C=O) groups is 2. The second-order valence-electron chi connectivity index (χ2n) is 7.42. The van der Waals surface area contributed by atoms with E-state index in [0.29, 0.717) is 24.1 Å². The summed E-state index contributed by atoms with van der Waals surface area (Å²) in [7, 11) is 0. The highest BCUT2D eigenvalue weighted by Gasteiger charge is 2.32. The fourth-order valence-corrected chi connectivity index (χ4v) is 3.99. The number of benzene rings is 2. The molecular formula is C21H20ClF2N3O5. The SMILES string of the molecule is O=C1NCC(COC(O)N[C@H]2CCc3c(C(=O)Nc4ccc(F)c(Cl)c4)ccc(F)c32)O1. The second kappa shape index (κ2) is 9.37. The Balaban J connectivity index is 1.44. The average molecular weight is 468 g/mol. The van der Waals surface area contributed by atoms with Crippen LogP contribution in [0.5, 0.6) is 0 Å². The number of carbonyl (C=O) groups excluding carboxylic acids is 2. The van der Waals surface area contributed by atoms with Crippen molar-refractivity contribution >= 4 is 29.3 Å². The number of aliphatic hydroxyl groups is 1. The number of amides is 2. The van der Waals surface area contributed by atoms with Crippen LogP contribution in [0.2, 0.25) is 5.02 Å². The molecule has 2 unspecified atom stereocenters. The summed E-state index contributed by atoms with van der Waals surface area (Å²) in [6.07, 6.45) is -1.68. The van der Waals surface area contributed by atoms with Crippen LogP contribution in [0.25, 0.3) is 0 Å². The van der Waals surface area contributed by atoms with Crippen molar-refractivity contribution in [2.75, 3.05) is 18.5 Å². The van der Waals surface area contributed by atoms with Gasteiger partial charge in [0.05, 0.1) is 18.2 Å². The van der Waals surface area contributed by atoms with Gasteiger partial charge >= 0.3 is 6.09 Å². The number of fused-ring (bicyclic) bond motifs is 1. The maximum Gasteiger partial charge on any atom is 0.407 e. The van der Waals surface area contributed by atoms with Gasteiger partial charge in [0.25, 0.3) is 5.91 Å². The van der Waals surface area contributed by atoms with Crippen LogP contribution in [0.4, 0.5) is 19.3 Å². The van der Waals surface area contributed by atoms with Gasteiger partial charge in [0.2, 0.25) is 6.41 Å². The van der Waals surface area contributed by atoms with Crippen LogP contribution in [0.3, 0.4) is 0 Å². The summed E-state index contributed by atoms with van der Waals surface area (Å²) < 4.78 is 38.1. The Morgan fingerprint density at radius 2 is 2.09 bits per heavy atom. The average Bonchev–Trinajstić information content (AvgIpc) is 3.36. The maximum atomic E-state index is 14.6. The van der Waals surface area contributed by atoms with E-state index in [9.17, 15) is 23.5 Å². The first-order valence-corrected chi connectivity index (χ1v) is 10.3. The number of nitrogens with one attached hydrogen (secondary N) is 3. The minimum Gasteiger partial charge on any atom is -0.442 e. The predicted octanol–water partition coefficient (Wildman–Crippen LogP) is 2.85. The summed E-state index contributed by atoms with van der Waals surface area (Å²) in [4.78, 5) is 23.8. The van der Waals surface area contributed by atoms with E-state index in [1.54, 1.807) is 0 Å². The monoisotopic (exact) mass is 467 g/mol. The van der Waals surface area contributed by atoms with Crippen molar-refractivity contribution in [3.63, 3.8) is 0 Å². The lowest BCUT2D eigenvalue weighted by Gasteiger charge is -2.21. The molecule has 1 fully saturated rings. The number of alkyl carbamates (subject to hydrolysis) is 1. The van der Waals surface area contributed by atoms with Crippen LogP contribution in [-0.4, -0.2) is 42.8 Å². The Labute approximate surface area is 186 Å². The molecule has 0 radical (unpaired) electrons. The molecule has 0 bridgehead atoms. The van der Waals surface area contributed by atoms with Crippen molar-refractivity contribution in [3.8, 4) is 0 Å².